The summed E-state index contributed by atoms with van der Waals surface area (Å²) >= 11 is 0. The number of aliphatic hydroxyl groups is 1. The van der Waals surface area contributed by atoms with Gasteiger partial charge in [0.2, 0.25) is 0 Å². The van der Waals surface area contributed by atoms with Crippen LogP contribution in [0.5, 0.6) is 0 Å². The number of rotatable bonds is 4. The van der Waals surface area contributed by atoms with Crippen LogP contribution >= 0.6 is 0 Å². The molecule has 12 heteroatoms. The summed E-state index contributed by atoms with van der Waals surface area (Å²) in [5, 5.41) is 7.31. The minimum atomic E-state index is -6.56. The maximum Gasteiger partial charge on any atom is 0.497 e. The van der Waals surface area contributed by atoms with Crippen molar-refractivity contribution in [1.82, 2.24) is 0 Å². The van der Waals surface area contributed by atoms with Crippen LogP contribution < -0.4 is 0 Å². The number of halogens is 9. The monoisotopic (exact) mass is 268 g/mol. The lowest BCUT2D eigenvalue weighted by molar-refractivity contribution is -0.567. The van der Waals surface area contributed by atoms with Gasteiger partial charge < -0.3 is 5.11 Å². The molecule has 0 fully saturated rings. The molecular formula is C4HF9O3. The van der Waals surface area contributed by atoms with Crippen LogP contribution in [0.1, 0.15) is 0 Å². The molecule has 0 bridgehead atoms. The Labute approximate surface area is 80.3 Å². The van der Waals surface area contributed by atoms with Crippen LogP contribution in [0, 0.1) is 0 Å². The molecule has 0 aromatic rings. The molecule has 0 aromatic heterocycles. The molecule has 0 spiro atoms. The molecule has 0 saturated carbocycles. The fraction of sp³-hybridized carbons (Fsp3) is 1.00. The molecule has 98 valence electrons. The molecule has 16 heavy (non-hydrogen) atoms. The fourth-order valence-electron chi connectivity index (χ4n) is 0.371. The second kappa shape index (κ2) is 3.92. The molecule has 0 aromatic carbocycles. The molecule has 0 aliphatic heterocycles. The van der Waals surface area contributed by atoms with Crippen molar-refractivity contribution in [3.05, 3.63) is 0 Å². The molecule has 0 radical (unpaired) electrons. The van der Waals surface area contributed by atoms with Gasteiger partial charge in [0.15, 0.2) is 0 Å². The van der Waals surface area contributed by atoms with E-state index < -0.39 is 24.9 Å². The third-order valence-electron chi connectivity index (χ3n) is 0.819. The molecule has 0 rings (SSSR count). The molecule has 0 atom stereocenters. The van der Waals surface area contributed by atoms with E-state index in [2.05, 4.69) is 0 Å². The van der Waals surface area contributed by atoms with Gasteiger partial charge in [-0.05, 0) is 0 Å². The number of hydrogen-bond donors (Lipinski definition) is 1. The lowest BCUT2D eigenvalue weighted by Gasteiger charge is -2.25. The van der Waals surface area contributed by atoms with Gasteiger partial charge in [-0.15, -0.1) is 17.6 Å². The largest absolute Gasteiger partial charge is 0.497 e. The molecule has 0 unspecified atom stereocenters. The van der Waals surface area contributed by atoms with Crippen molar-refractivity contribution in [3.8, 4) is 0 Å². The zero-order chi connectivity index (χ0) is 13.4. The highest BCUT2D eigenvalue weighted by molar-refractivity contribution is 4.64. The molecule has 0 saturated heterocycles. The van der Waals surface area contributed by atoms with E-state index in [-0.39, 0.29) is 0 Å². The van der Waals surface area contributed by atoms with E-state index in [9.17, 15) is 39.5 Å². The van der Waals surface area contributed by atoms with Gasteiger partial charge in [-0.1, -0.05) is 0 Å². The van der Waals surface area contributed by atoms with E-state index in [1.807, 2.05) is 4.74 Å². The maximum absolute atomic E-state index is 11.9. The third kappa shape index (κ3) is 4.85. The quantitative estimate of drug-likeness (QED) is 0.628. The third-order valence-corrected chi connectivity index (χ3v) is 0.819. The smallest absolute Gasteiger partial charge is 0.311 e. The maximum atomic E-state index is 11.9. The topological polar surface area (TPSA) is 38.7 Å². The first-order chi connectivity index (χ1) is 6.66. The van der Waals surface area contributed by atoms with E-state index in [1.54, 1.807) is 4.74 Å². The molecular weight excluding hydrogens is 267 g/mol. The molecule has 1 N–H and O–H groups in total. The highest BCUT2D eigenvalue weighted by Gasteiger charge is 2.65. The van der Waals surface area contributed by atoms with E-state index >= 15 is 0 Å². The minimum absolute atomic E-state index is 1.71. The first-order valence-corrected chi connectivity index (χ1v) is 2.99. The summed E-state index contributed by atoms with van der Waals surface area (Å²) in [6.45, 7) is 0. The van der Waals surface area contributed by atoms with E-state index in [0.29, 0.717) is 0 Å². The van der Waals surface area contributed by atoms with Crippen LogP contribution in [0.3, 0.4) is 0 Å². The van der Waals surface area contributed by atoms with Gasteiger partial charge in [-0.2, -0.15) is 22.0 Å². The van der Waals surface area contributed by atoms with Gasteiger partial charge in [-0.3, -0.25) is 0 Å². The van der Waals surface area contributed by atoms with Crippen LogP contribution in [0.25, 0.3) is 0 Å². The van der Waals surface area contributed by atoms with Crippen molar-refractivity contribution in [2.75, 3.05) is 0 Å². The normalized spacial score (nSPS) is 15.4. The van der Waals surface area contributed by atoms with E-state index in [0.717, 1.165) is 0 Å². The van der Waals surface area contributed by atoms with Gasteiger partial charge >= 0.3 is 24.9 Å². The predicted octanol–water partition coefficient (Wildman–Crippen LogP) is 2.27. The summed E-state index contributed by atoms with van der Waals surface area (Å²) in [6.07, 6.45) is -24.7. The highest BCUT2D eigenvalue weighted by Crippen LogP contribution is 2.41. The standard InChI is InChI=1S/C4HF9O3/c5-1(6,7)2(8,9)15-4(12,13)16-3(10,11)14/h14H. The Morgan fingerprint density at radius 1 is 0.688 bits per heavy atom. The van der Waals surface area contributed by atoms with Crippen molar-refractivity contribution in [2.45, 2.75) is 24.9 Å². The molecule has 0 aliphatic carbocycles. The molecule has 3 nitrogen and oxygen atoms in total. The van der Waals surface area contributed by atoms with E-state index in [4.69, 9.17) is 5.11 Å². The first kappa shape index (κ1) is 15.2. The Kier molecular flexibility index (Phi) is 3.74. The van der Waals surface area contributed by atoms with Crippen LogP contribution in [0.4, 0.5) is 39.5 Å². The molecule has 0 heterocycles. The summed E-state index contributed by atoms with van der Waals surface area (Å²) in [5.41, 5.74) is 0. The van der Waals surface area contributed by atoms with Gasteiger partial charge in [0, 0.05) is 0 Å². The van der Waals surface area contributed by atoms with Crippen LogP contribution in [-0.4, -0.2) is 30.0 Å². The SMILES string of the molecule is OC(F)(F)OC(F)(F)OC(F)(F)C(F)(F)F. The van der Waals surface area contributed by atoms with Crippen molar-refractivity contribution in [1.29, 1.82) is 0 Å². The Morgan fingerprint density at radius 2 is 1.06 bits per heavy atom. The average Bonchev–Trinajstić information content (AvgIpc) is 1.72. The Morgan fingerprint density at radius 3 is 1.31 bits per heavy atom. The van der Waals surface area contributed by atoms with Gasteiger partial charge in [0.1, 0.15) is 0 Å². The van der Waals surface area contributed by atoms with Crippen molar-refractivity contribution < 1.29 is 54.1 Å². The Bertz CT molecular complexity index is 240. The first-order valence-electron chi connectivity index (χ1n) is 2.99. The lowest BCUT2D eigenvalue weighted by Crippen LogP contribution is -2.47. The second-order valence-corrected chi connectivity index (χ2v) is 2.17. The summed E-state index contributed by atoms with van der Waals surface area (Å²) in [4.78, 5) is 0. The summed E-state index contributed by atoms with van der Waals surface area (Å²) < 4.78 is 107. The molecule has 0 amide bonds. The van der Waals surface area contributed by atoms with Crippen LogP contribution in [-0.2, 0) is 9.47 Å². The number of hydrogen-bond acceptors (Lipinski definition) is 3. The Balaban J connectivity index is 4.72. The van der Waals surface area contributed by atoms with Crippen molar-refractivity contribution >= 4 is 0 Å². The van der Waals surface area contributed by atoms with Gasteiger partial charge in [0.25, 0.3) is 0 Å². The average molecular weight is 268 g/mol. The zero-order valence-corrected chi connectivity index (χ0v) is 6.67. The zero-order valence-electron chi connectivity index (χ0n) is 6.67. The highest BCUT2D eigenvalue weighted by atomic mass is 19.4. The second-order valence-electron chi connectivity index (χ2n) is 2.17. The van der Waals surface area contributed by atoms with Gasteiger partial charge in [-0.25, -0.2) is 9.47 Å². The summed E-state index contributed by atoms with van der Waals surface area (Å²) in [5.74, 6) is 0. The number of ether oxygens (including phenoxy) is 2. The Hall–Kier alpha value is -0.750. The summed E-state index contributed by atoms with van der Waals surface area (Å²) in [6, 6.07) is 0. The van der Waals surface area contributed by atoms with Crippen molar-refractivity contribution in [2.24, 2.45) is 0 Å². The predicted molar refractivity (Wildman–Crippen MR) is 25.3 cm³/mol. The lowest BCUT2D eigenvalue weighted by atomic mass is 10.6. The van der Waals surface area contributed by atoms with Crippen LogP contribution in [0.2, 0.25) is 0 Å². The number of alkyl halides is 9. The van der Waals surface area contributed by atoms with Gasteiger partial charge in [0.05, 0.1) is 0 Å². The summed E-state index contributed by atoms with van der Waals surface area (Å²) in [7, 11) is 0. The van der Waals surface area contributed by atoms with Crippen molar-refractivity contribution in [3.63, 3.8) is 0 Å². The molecule has 0 aliphatic rings. The minimum Gasteiger partial charge on any atom is -0.311 e. The van der Waals surface area contributed by atoms with E-state index in [1.165, 1.54) is 0 Å². The fourth-order valence-corrected chi connectivity index (χ4v) is 0.371. The van der Waals surface area contributed by atoms with Crippen LogP contribution in [0.15, 0.2) is 0 Å².